The maximum atomic E-state index is 5.24. The summed E-state index contributed by atoms with van der Waals surface area (Å²) in [6.07, 6.45) is 8.67. The van der Waals surface area contributed by atoms with Crippen molar-refractivity contribution in [2.45, 2.75) is 19.8 Å². The number of nitrogens with zero attached hydrogens (tertiary/aromatic N) is 3. The van der Waals surface area contributed by atoms with Crippen LogP contribution in [0.3, 0.4) is 0 Å². The minimum absolute atomic E-state index is 0.783. The van der Waals surface area contributed by atoms with E-state index in [1.54, 1.807) is 0 Å². The molecule has 0 saturated heterocycles. The van der Waals surface area contributed by atoms with Crippen LogP contribution < -0.4 is 31.3 Å². The predicted octanol–water partition coefficient (Wildman–Crippen LogP) is 5.91. The van der Waals surface area contributed by atoms with Gasteiger partial charge in [0.1, 0.15) is 23.3 Å². The molecule has 0 aromatic heterocycles. The summed E-state index contributed by atoms with van der Waals surface area (Å²) in [5.41, 5.74) is 6.26. The molecule has 0 saturated carbocycles. The summed E-state index contributed by atoms with van der Waals surface area (Å²) in [6.45, 7) is 2.95. The second kappa shape index (κ2) is 11.3. The molecule has 1 aliphatic carbocycles. The number of para-hydroxylation sites is 3. The molecule has 4 aromatic rings. The molecule has 0 radical (unpaired) electrons. The normalized spacial score (nSPS) is 14.9. The summed E-state index contributed by atoms with van der Waals surface area (Å²) in [4.78, 5) is 12.6. The Labute approximate surface area is 245 Å². The number of anilines is 3. The molecule has 0 unspecified atom stereocenters. The molecule has 0 atom stereocenters. The van der Waals surface area contributed by atoms with E-state index in [4.69, 9.17) is 9.98 Å². The van der Waals surface area contributed by atoms with Crippen molar-refractivity contribution in [2.75, 3.05) is 22.1 Å². The maximum Gasteiger partial charge on any atom is 0.143 e. The van der Waals surface area contributed by atoms with Crippen LogP contribution in [0.15, 0.2) is 137 Å². The number of amidine groups is 2. The third-order valence-electron chi connectivity index (χ3n) is 7.58. The Morgan fingerprint density at radius 2 is 1.29 bits per heavy atom. The van der Waals surface area contributed by atoms with Crippen molar-refractivity contribution in [1.82, 2.24) is 5.32 Å². The van der Waals surface area contributed by atoms with Crippen LogP contribution in [0.1, 0.15) is 30.9 Å². The lowest BCUT2D eigenvalue weighted by Crippen LogP contribution is -2.35. The molecule has 0 bridgehead atoms. The van der Waals surface area contributed by atoms with Gasteiger partial charge in [-0.1, -0.05) is 66.7 Å². The lowest BCUT2D eigenvalue weighted by Gasteiger charge is -2.23. The Hall–Kier alpha value is -5.36. The first-order chi connectivity index (χ1) is 20.8. The summed E-state index contributed by atoms with van der Waals surface area (Å²) < 4.78 is 0. The number of aliphatic imine (C=N–C) groups is 2. The first-order valence-electron chi connectivity index (χ1n) is 14.5. The lowest BCUT2D eigenvalue weighted by atomic mass is 10.0. The van der Waals surface area contributed by atoms with Gasteiger partial charge in [0.2, 0.25) is 0 Å². The highest BCUT2D eigenvalue weighted by Crippen LogP contribution is 2.23. The lowest BCUT2D eigenvalue weighted by molar-refractivity contribution is 0.967. The first-order valence-corrected chi connectivity index (χ1v) is 14.5. The van der Waals surface area contributed by atoms with Gasteiger partial charge in [-0.25, -0.2) is 9.98 Å². The van der Waals surface area contributed by atoms with Crippen LogP contribution >= 0.6 is 0 Å². The SMILES string of the molecule is CCN(C1=NC(NC2=CCCC=C2)=c2cc3c(cc21)=C(Nc1ccccc1)N=C3Nc1ccccc1)c1ccccc1. The van der Waals surface area contributed by atoms with Crippen molar-refractivity contribution in [3.8, 4) is 0 Å². The van der Waals surface area contributed by atoms with Gasteiger partial charge in [-0.15, -0.1) is 0 Å². The van der Waals surface area contributed by atoms with Crippen LogP contribution in [0.4, 0.5) is 17.1 Å². The van der Waals surface area contributed by atoms with Gasteiger partial charge in [-0.2, -0.15) is 0 Å². The second-order valence-electron chi connectivity index (χ2n) is 10.4. The number of hydrogen-bond acceptors (Lipinski definition) is 6. The number of nitrogens with one attached hydrogen (secondary N) is 3. The van der Waals surface area contributed by atoms with Gasteiger partial charge >= 0.3 is 0 Å². The van der Waals surface area contributed by atoms with E-state index in [0.29, 0.717) is 0 Å². The first kappa shape index (κ1) is 25.6. The van der Waals surface area contributed by atoms with Crippen molar-refractivity contribution >= 4 is 40.4 Å². The van der Waals surface area contributed by atoms with Gasteiger partial charge < -0.3 is 20.9 Å². The summed E-state index contributed by atoms with van der Waals surface area (Å²) in [5.74, 6) is 3.38. The van der Waals surface area contributed by atoms with Gasteiger partial charge in [0.15, 0.2) is 0 Å². The van der Waals surface area contributed by atoms with Crippen LogP contribution in [0.2, 0.25) is 0 Å². The number of fused-ring (bicyclic) bond motifs is 2. The number of hydrogen-bond donors (Lipinski definition) is 3. The van der Waals surface area contributed by atoms with Gasteiger partial charge in [0.05, 0.1) is 0 Å². The van der Waals surface area contributed by atoms with Crippen LogP contribution in [-0.4, -0.2) is 18.2 Å². The monoisotopic (exact) mass is 548 g/mol. The molecular formula is C36H32N6. The largest absolute Gasteiger partial charge is 0.340 e. The minimum Gasteiger partial charge on any atom is -0.340 e. The van der Waals surface area contributed by atoms with E-state index in [9.17, 15) is 0 Å². The zero-order chi connectivity index (χ0) is 28.3. The number of benzene rings is 4. The summed E-state index contributed by atoms with van der Waals surface area (Å²) in [6, 6.07) is 35.3. The highest BCUT2D eigenvalue weighted by Gasteiger charge is 2.27. The van der Waals surface area contributed by atoms with Crippen molar-refractivity contribution < 1.29 is 0 Å². The summed E-state index contributed by atoms with van der Waals surface area (Å²) in [5, 5.41) is 12.9. The van der Waals surface area contributed by atoms with E-state index in [-0.39, 0.29) is 0 Å². The van der Waals surface area contributed by atoms with Gasteiger partial charge in [-0.05, 0) is 74.4 Å². The zero-order valence-electron chi connectivity index (χ0n) is 23.5. The Kier molecular flexibility index (Phi) is 6.86. The predicted molar refractivity (Wildman–Crippen MR) is 175 cm³/mol. The molecule has 2 heterocycles. The fraction of sp³-hybridized carbons (Fsp3) is 0.111. The molecule has 0 fully saturated rings. The molecule has 42 heavy (non-hydrogen) atoms. The molecule has 2 aliphatic heterocycles. The van der Waals surface area contributed by atoms with E-state index in [2.05, 4.69) is 107 Å². The molecule has 0 spiro atoms. The average Bonchev–Trinajstić information content (AvgIpc) is 3.55. The van der Waals surface area contributed by atoms with E-state index >= 15 is 0 Å². The zero-order valence-corrected chi connectivity index (χ0v) is 23.5. The van der Waals surface area contributed by atoms with E-state index in [0.717, 1.165) is 87.0 Å². The van der Waals surface area contributed by atoms with Crippen LogP contribution in [0, 0.1) is 0 Å². The Balaban J connectivity index is 1.40. The molecule has 6 heteroatoms. The molecular weight excluding hydrogens is 516 g/mol. The maximum absolute atomic E-state index is 5.24. The average molecular weight is 549 g/mol. The van der Waals surface area contributed by atoms with Crippen molar-refractivity contribution in [3.63, 3.8) is 0 Å². The Morgan fingerprint density at radius 1 is 0.667 bits per heavy atom. The van der Waals surface area contributed by atoms with E-state index in [1.165, 1.54) is 0 Å². The fourth-order valence-electron chi connectivity index (χ4n) is 5.54. The molecule has 6 nitrogen and oxygen atoms in total. The highest BCUT2D eigenvalue weighted by molar-refractivity contribution is 6.17. The highest BCUT2D eigenvalue weighted by atomic mass is 15.2. The van der Waals surface area contributed by atoms with Crippen molar-refractivity contribution in [2.24, 2.45) is 9.98 Å². The summed E-state index contributed by atoms with van der Waals surface area (Å²) >= 11 is 0. The number of allylic oxidation sites excluding steroid dienone is 3. The molecule has 206 valence electrons. The standard InChI is InChI=1S/C36H32N6/c1-2-42(28-21-13-6-14-22-28)36-32-24-30-29(23-31(32)35(41-36)39-27-19-11-5-12-20-27)33(37-25-15-7-3-8-16-25)40-34(30)38-26-17-9-4-10-18-26/h3-4,6-11,13-24H,2,5,12H2,1H3,(H,39,41)(H2,37,38,40). The smallest absolute Gasteiger partial charge is 0.143 e. The van der Waals surface area contributed by atoms with Crippen molar-refractivity contribution in [3.05, 3.63) is 149 Å². The second-order valence-corrected chi connectivity index (χ2v) is 10.4. The van der Waals surface area contributed by atoms with Crippen LogP contribution in [0.25, 0.3) is 11.6 Å². The quantitative estimate of drug-likeness (QED) is 0.269. The topological polar surface area (TPSA) is 64.0 Å². The number of rotatable bonds is 7. The minimum atomic E-state index is 0.783. The van der Waals surface area contributed by atoms with E-state index in [1.807, 2.05) is 42.5 Å². The third kappa shape index (κ3) is 4.99. The molecule has 7 rings (SSSR count). The van der Waals surface area contributed by atoms with Crippen molar-refractivity contribution in [1.29, 1.82) is 0 Å². The molecule has 4 aromatic carbocycles. The fourth-order valence-corrected chi connectivity index (χ4v) is 5.54. The third-order valence-corrected chi connectivity index (χ3v) is 7.58. The van der Waals surface area contributed by atoms with Gasteiger partial charge in [-0.3, -0.25) is 0 Å². The van der Waals surface area contributed by atoms with Gasteiger partial charge in [0.25, 0.3) is 0 Å². The van der Waals surface area contributed by atoms with Crippen LogP contribution in [-0.2, 0) is 0 Å². The van der Waals surface area contributed by atoms with Crippen LogP contribution in [0.5, 0.6) is 0 Å². The van der Waals surface area contributed by atoms with E-state index < -0.39 is 0 Å². The summed E-state index contributed by atoms with van der Waals surface area (Å²) in [7, 11) is 0. The molecule has 3 N–H and O–H groups in total. The molecule has 0 amide bonds. The molecule has 3 aliphatic rings. The van der Waals surface area contributed by atoms with Gasteiger partial charge in [0, 0.05) is 50.9 Å². The Morgan fingerprint density at radius 3 is 1.95 bits per heavy atom. The Bertz CT molecular complexity index is 1870.